The van der Waals surface area contributed by atoms with Gasteiger partial charge in [-0.05, 0) is 43.2 Å². The van der Waals surface area contributed by atoms with Crippen molar-refractivity contribution in [1.29, 1.82) is 0 Å². The number of nitrogens with zero attached hydrogens (tertiary/aromatic N) is 1. The van der Waals surface area contributed by atoms with Crippen LogP contribution in [0.25, 0.3) is 0 Å². The zero-order valence-electron chi connectivity index (χ0n) is 9.69. The highest BCUT2D eigenvalue weighted by atomic mass is 32.1. The van der Waals surface area contributed by atoms with Crippen molar-refractivity contribution in [2.24, 2.45) is 5.92 Å². The normalized spacial score (nSPS) is 30.5. The first kappa shape index (κ1) is 10.8. The molecule has 0 aromatic carbocycles. The molecule has 0 bridgehead atoms. The SMILES string of the molecule is c1csc(CCN2C[C@@H]3CCCN[C@@H]3C2)c1. The van der Waals surface area contributed by atoms with Gasteiger partial charge in [0.2, 0.25) is 0 Å². The molecule has 0 unspecified atom stereocenters. The minimum atomic E-state index is 0.789. The van der Waals surface area contributed by atoms with Crippen molar-refractivity contribution in [1.82, 2.24) is 10.2 Å². The van der Waals surface area contributed by atoms with Crippen LogP contribution in [0.3, 0.4) is 0 Å². The molecule has 2 aliphatic heterocycles. The van der Waals surface area contributed by atoms with Crippen molar-refractivity contribution in [2.75, 3.05) is 26.2 Å². The van der Waals surface area contributed by atoms with E-state index in [1.165, 1.54) is 50.3 Å². The molecule has 2 nitrogen and oxygen atoms in total. The van der Waals surface area contributed by atoms with Gasteiger partial charge in [0.25, 0.3) is 0 Å². The summed E-state index contributed by atoms with van der Waals surface area (Å²) >= 11 is 1.89. The van der Waals surface area contributed by atoms with Crippen LogP contribution in [0.4, 0.5) is 0 Å². The Morgan fingerprint density at radius 3 is 3.25 bits per heavy atom. The summed E-state index contributed by atoms with van der Waals surface area (Å²) in [6, 6.07) is 5.20. The number of thiophene rings is 1. The minimum absolute atomic E-state index is 0.789. The van der Waals surface area contributed by atoms with Crippen LogP contribution >= 0.6 is 11.3 Å². The average molecular weight is 236 g/mol. The van der Waals surface area contributed by atoms with Crippen LogP contribution in [-0.4, -0.2) is 37.1 Å². The van der Waals surface area contributed by atoms with Crippen LogP contribution in [0.15, 0.2) is 17.5 Å². The topological polar surface area (TPSA) is 15.3 Å². The number of fused-ring (bicyclic) bond motifs is 1. The fourth-order valence-corrected chi connectivity index (χ4v) is 3.74. The third kappa shape index (κ3) is 2.31. The van der Waals surface area contributed by atoms with Gasteiger partial charge < -0.3 is 10.2 Å². The Bertz CT molecular complexity index is 309. The van der Waals surface area contributed by atoms with E-state index in [1.807, 2.05) is 11.3 Å². The highest BCUT2D eigenvalue weighted by Crippen LogP contribution is 2.25. The first-order valence-electron chi connectivity index (χ1n) is 6.40. The smallest absolute Gasteiger partial charge is 0.0235 e. The summed E-state index contributed by atoms with van der Waals surface area (Å²) in [5.74, 6) is 0.928. The molecule has 0 amide bonds. The van der Waals surface area contributed by atoms with Gasteiger partial charge in [0.15, 0.2) is 0 Å². The molecule has 0 saturated carbocycles. The molecule has 3 heterocycles. The molecule has 2 atom stereocenters. The molecule has 3 heteroatoms. The monoisotopic (exact) mass is 236 g/mol. The summed E-state index contributed by atoms with van der Waals surface area (Å²) in [5.41, 5.74) is 0. The van der Waals surface area contributed by atoms with Crippen molar-refractivity contribution < 1.29 is 0 Å². The molecular formula is C13H20N2S. The molecule has 1 N–H and O–H groups in total. The van der Waals surface area contributed by atoms with Crippen molar-refractivity contribution in [3.63, 3.8) is 0 Å². The van der Waals surface area contributed by atoms with Crippen molar-refractivity contribution in [2.45, 2.75) is 25.3 Å². The molecule has 0 radical (unpaired) electrons. The maximum atomic E-state index is 3.67. The predicted octanol–water partition coefficient (Wildman–Crippen LogP) is 1.97. The fraction of sp³-hybridized carbons (Fsp3) is 0.692. The van der Waals surface area contributed by atoms with Gasteiger partial charge >= 0.3 is 0 Å². The predicted molar refractivity (Wildman–Crippen MR) is 69.0 cm³/mol. The van der Waals surface area contributed by atoms with Gasteiger partial charge in [0, 0.05) is 30.6 Å². The Balaban J connectivity index is 1.50. The highest BCUT2D eigenvalue weighted by molar-refractivity contribution is 7.09. The van der Waals surface area contributed by atoms with Gasteiger partial charge in [-0.25, -0.2) is 0 Å². The number of hydrogen-bond donors (Lipinski definition) is 1. The zero-order valence-corrected chi connectivity index (χ0v) is 10.5. The molecule has 2 saturated heterocycles. The van der Waals surface area contributed by atoms with Crippen LogP contribution in [0.2, 0.25) is 0 Å². The van der Waals surface area contributed by atoms with Crippen LogP contribution in [0.1, 0.15) is 17.7 Å². The number of rotatable bonds is 3. The van der Waals surface area contributed by atoms with Crippen LogP contribution in [-0.2, 0) is 6.42 Å². The molecule has 2 aliphatic rings. The van der Waals surface area contributed by atoms with Gasteiger partial charge in [-0.3, -0.25) is 0 Å². The zero-order chi connectivity index (χ0) is 10.8. The van der Waals surface area contributed by atoms with Gasteiger partial charge in [0.05, 0.1) is 0 Å². The molecule has 1 aromatic heterocycles. The largest absolute Gasteiger partial charge is 0.312 e. The lowest BCUT2D eigenvalue weighted by atomic mass is 9.94. The molecule has 0 aliphatic carbocycles. The van der Waals surface area contributed by atoms with Crippen LogP contribution in [0.5, 0.6) is 0 Å². The van der Waals surface area contributed by atoms with E-state index in [4.69, 9.17) is 0 Å². The Hall–Kier alpha value is -0.380. The van der Waals surface area contributed by atoms with Crippen molar-refractivity contribution in [3.05, 3.63) is 22.4 Å². The summed E-state index contributed by atoms with van der Waals surface area (Å²) in [4.78, 5) is 4.18. The first-order chi connectivity index (χ1) is 7.92. The maximum absolute atomic E-state index is 3.67. The Morgan fingerprint density at radius 2 is 2.44 bits per heavy atom. The molecule has 0 spiro atoms. The second-order valence-corrected chi connectivity index (χ2v) is 6.08. The number of hydrogen-bond acceptors (Lipinski definition) is 3. The van der Waals surface area contributed by atoms with Crippen molar-refractivity contribution >= 4 is 11.3 Å². The van der Waals surface area contributed by atoms with Gasteiger partial charge in [0.1, 0.15) is 0 Å². The standard InChI is InChI=1S/C13H20N2S/c1-3-11-9-15(10-13(11)14-6-1)7-5-12-4-2-8-16-12/h2,4,8,11,13-14H,1,3,5-7,9-10H2/t11-,13+/m0/s1. The third-order valence-electron chi connectivity index (χ3n) is 3.93. The summed E-state index contributed by atoms with van der Waals surface area (Å²) < 4.78 is 0. The van der Waals surface area contributed by atoms with E-state index in [2.05, 4.69) is 27.7 Å². The molecule has 16 heavy (non-hydrogen) atoms. The van der Waals surface area contributed by atoms with Crippen LogP contribution in [0, 0.1) is 5.92 Å². The van der Waals surface area contributed by atoms with Crippen molar-refractivity contribution in [3.8, 4) is 0 Å². The number of piperidine rings is 1. The Kier molecular flexibility index (Phi) is 3.27. The van der Waals surface area contributed by atoms with E-state index in [0.717, 1.165) is 12.0 Å². The number of likely N-dealkylation sites (tertiary alicyclic amines) is 1. The quantitative estimate of drug-likeness (QED) is 0.863. The Labute approximate surface area is 102 Å². The van der Waals surface area contributed by atoms with E-state index >= 15 is 0 Å². The van der Waals surface area contributed by atoms with E-state index in [1.54, 1.807) is 0 Å². The first-order valence-corrected chi connectivity index (χ1v) is 7.28. The lowest BCUT2D eigenvalue weighted by Gasteiger charge is -2.24. The van der Waals surface area contributed by atoms with Gasteiger partial charge in [-0.2, -0.15) is 0 Å². The van der Waals surface area contributed by atoms with Gasteiger partial charge in [-0.15, -0.1) is 11.3 Å². The van der Waals surface area contributed by atoms with E-state index in [-0.39, 0.29) is 0 Å². The fourth-order valence-electron chi connectivity index (χ4n) is 3.04. The summed E-state index contributed by atoms with van der Waals surface area (Å²) in [5, 5.41) is 5.85. The van der Waals surface area contributed by atoms with Crippen LogP contribution < -0.4 is 5.32 Å². The lowest BCUT2D eigenvalue weighted by molar-refractivity contribution is 0.323. The summed E-state index contributed by atoms with van der Waals surface area (Å²) in [7, 11) is 0. The van der Waals surface area contributed by atoms with Gasteiger partial charge in [-0.1, -0.05) is 6.07 Å². The second kappa shape index (κ2) is 4.86. The molecule has 88 valence electrons. The third-order valence-corrected chi connectivity index (χ3v) is 4.87. The lowest BCUT2D eigenvalue weighted by Crippen LogP contribution is -2.40. The maximum Gasteiger partial charge on any atom is 0.0235 e. The van der Waals surface area contributed by atoms with E-state index in [9.17, 15) is 0 Å². The molecule has 1 aromatic rings. The summed E-state index contributed by atoms with van der Waals surface area (Å²) in [6.07, 6.45) is 4.05. The number of nitrogens with one attached hydrogen (secondary N) is 1. The highest BCUT2D eigenvalue weighted by Gasteiger charge is 2.33. The minimum Gasteiger partial charge on any atom is -0.312 e. The molecule has 3 rings (SSSR count). The van der Waals surface area contributed by atoms with E-state index in [0.29, 0.717) is 0 Å². The van der Waals surface area contributed by atoms with E-state index < -0.39 is 0 Å². The molecule has 2 fully saturated rings. The summed E-state index contributed by atoms with van der Waals surface area (Å²) in [6.45, 7) is 5.08. The molecular weight excluding hydrogens is 216 g/mol. The average Bonchev–Trinajstić information content (AvgIpc) is 2.95. The Morgan fingerprint density at radius 1 is 1.44 bits per heavy atom. The second-order valence-electron chi connectivity index (χ2n) is 5.05.